The molecule has 3 aliphatic heterocycles. The van der Waals surface area contributed by atoms with E-state index in [2.05, 4.69) is 48.8 Å². The summed E-state index contributed by atoms with van der Waals surface area (Å²) in [5, 5.41) is 2.48. The molecule has 0 spiro atoms. The van der Waals surface area contributed by atoms with Crippen LogP contribution in [-0.4, -0.2) is 77.2 Å². The molecular weight excluding hydrogens is 504 g/mol. The maximum absolute atomic E-state index is 12.7. The molecule has 4 heterocycles. The van der Waals surface area contributed by atoms with Gasteiger partial charge in [0.15, 0.2) is 5.17 Å². The molecule has 37 heavy (non-hydrogen) atoms. The molecule has 190 valence electrons. The number of aliphatic imine (C=N–C) groups is 1. The van der Waals surface area contributed by atoms with Crippen LogP contribution in [-0.2, 0) is 4.79 Å². The van der Waals surface area contributed by atoms with Crippen molar-refractivity contribution in [2.45, 2.75) is 19.3 Å². The topological polar surface area (TPSA) is 64.9 Å². The number of halogens is 1. The van der Waals surface area contributed by atoms with E-state index in [-0.39, 0.29) is 5.91 Å². The van der Waals surface area contributed by atoms with E-state index in [1.165, 1.54) is 18.2 Å². The van der Waals surface area contributed by atoms with Gasteiger partial charge < -0.3 is 14.7 Å². The van der Waals surface area contributed by atoms with E-state index in [4.69, 9.17) is 11.6 Å². The minimum atomic E-state index is -0.165. The Balaban J connectivity index is 1.28. The lowest BCUT2D eigenvalue weighted by atomic mass is 10.0. The number of likely N-dealkylation sites (tertiary alicyclic amines) is 1. The van der Waals surface area contributed by atoms with Crippen LogP contribution in [0.2, 0.25) is 5.02 Å². The molecule has 0 unspecified atom stereocenters. The molecule has 0 saturated carbocycles. The van der Waals surface area contributed by atoms with Gasteiger partial charge in [0, 0.05) is 50.2 Å². The fourth-order valence-electron chi connectivity index (χ4n) is 5.12. The number of amides is 1. The maximum Gasteiger partial charge on any atom is 0.286 e. The number of hydrogen-bond acceptors (Lipinski definition) is 7. The highest BCUT2D eigenvalue weighted by Crippen LogP contribution is 2.35. The highest BCUT2D eigenvalue weighted by Gasteiger charge is 2.27. The van der Waals surface area contributed by atoms with Crippen LogP contribution in [0.15, 0.2) is 52.6 Å². The first-order valence-electron chi connectivity index (χ1n) is 12.8. The standard InChI is InChI=1S/C28H29ClN6OS/c1-33-11-13-34(14-12-33)24-8-6-20(17-22(24)29)26-21-15-19(5-7-23(21)30-18-31-26)16-25-27(36)32-28(37-25)35-9-3-2-4-10-35/h5-8,15-18H,2-4,9-14H2,1H3. The predicted octanol–water partition coefficient (Wildman–Crippen LogP) is 5.16. The Hall–Kier alpha value is -2.94. The summed E-state index contributed by atoms with van der Waals surface area (Å²) < 4.78 is 0. The van der Waals surface area contributed by atoms with Crippen molar-refractivity contribution in [1.82, 2.24) is 19.8 Å². The van der Waals surface area contributed by atoms with Crippen molar-refractivity contribution in [3.05, 3.63) is 58.2 Å². The highest BCUT2D eigenvalue weighted by molar-refractivity contribution is 8.18. The number of nitrogens with zero attached hydrogens (tertiary/aromatic N) is 6. The number of piperidine rings is 1. The van der Waals surface area contributed by atoms with Gasteiger partial charge in [-0.25, -0.2) is 9.97 Å². The number of hydrogen-bond donors (Lipinski definition) is 0. The fourth-order valence-corrected chi connectivity index (χ4v) is 6.39. The Morgan fingerprint density at radius 1 is 0.919 bits per heavy atom. The van der Waals surface area contributed by atoms with E-state index < -0.39 is 0 Å². The number of rotatable bonds is 3. The number of fused-ring (bicyclic) bond motifs is 1. The van der Waals surface area contributed by atoms with Crippen LogP contribution in [0.5, 0.6) is 0 Å². The molecule has 0 bridgehead atoms. The minimum absolute atomic E-state index is 0.165. The Bertz CT molecular complexity index is 1410. The zero-order valence-corrected chi connectivity index (χ0v) is 22.4. The summed E-state index contributed by atoms with van der Waals surface area (Å²) in [6.45, 7) is 5.92. The van der Waals surface area contributed by atoms with Crippen molar-refractivity contribution in [3.63, 3.8) is 0 Å². The van der Waals surface area contributed by atoms with Gasteiger partial charge in [0.2, 0.25) is 0 Å². The summed E-state index contributed by atoms with van der Waals surface area (Å²) in [5.41, 5.74) is 4.61. The fraction of sp³-hybridized carbons (Fsp3) is 0.357. The van der Waals surface area contributed by atoms with E-state index in [1.54, 1.807) is 6.33 Å². The van der Waals surface area contributed by atoms with Crippen LogP contribution >= 0.6 is 23.4 Å². The molecule has 0 radical (unpaired) electrons. The van der Waals surface area contributed by atoms with E-state index in [0.29, 0.717) is 4.91 Å². The van der Waals surface area contributed by atoms with Gasteiger partial charge in [0.25, 0.3) is 5.91 Å². The SMILES string of the molecule is CN1CCN(c2ccc(-c3ncnc4ccc(C=C5SC(N6CCCCC6)=NC5=O)cc34)cc2Cl)CC1. The first-order valence-corrected chi connectivity index (χ1v) is 14.0. The summed E-state index contributed by atoms with van der Waals surface area (Å²) in [5.74, 6) is -0.165. The molecule has 0 aliphatic carbocycles. The van der Waals surface area contributed by atoms with E-state index in [0.717, 1.165) is 95.7 Å². The van der Waals surface area contributed by atoms with E-state index in [1.807, 2.05) is 30.3 Å². The number of likely N-dealkylation sites (N-methyl/N-ethyl adjacent to an activating group) is 1. The van der Waals surface area contributed by atoms with Crippen molar-refractivity contribution >= 4 is 57.1 Å². The number of carbonyl (C=O) groups excluding carboxylic acids is 1. The molecule has 7 nitrogen and oxygen atoms in total. The molecular formula is C28H29ClN6OS. The third-order valence-electron chi connectivity index (χ3n) is 7.26. The van der Waals surface area contributed by atoms with Crippen molar-refractivity contribution in [1.29, 1.82) is 0 Å². The summed E-state index contributed by atoms with van der Waals surface area (Å²) >= 11 is 8.25. The molecule has 9 heteroatoms. The Morgan fingerprint density at radius 3 is 2.51 bits per heavy atom. The van der Waals surface area contributed by atoms with Gasteiger partial charge in [-0.1, -0.05) is 23.7 Å². The molecule has 2 aromatic carbocycles. The highest BCUT2D eigenvalue weighted by atomic mass is 35.5. The van der Waals surface area contributed by atoms with Crippen molar-refractivity contribution in [3.8, 4) is 11.3 Å². The number of amidine groups is 1. The monoisotopic (exact) mass is 532 g/mol. The first-order chi connectivity index (χ1) is 18.0. The van der Waals surface area contributed by atoms with Crippen molar-refractivity contribution < 1.29 is 4.79 Å². The van der Waals surface area contributed by atoms with Crippen molar-refractivity contribution in [2.24, 2.45) is 4.99 Å². The largest absolute Gasteiger partial charge is 0.368 e. The van der Waals surface area contributed by atoms with Crippen LogP contribution in [0, 0.1) is 0 Å². The zero-order chi connectivity index (χ0) is 25.4. The van der Waals surface area contributed by atoms with Gasteiger partial charge in [0.05, 0.1) is 26.8 Å². The molecule has 0 atom stereocenters. The van der Waals surface area contributed by atoms with Crippen LogP contribution in [0.1, 0.15) is 24.8 Å². The normalized spacial score (nSPS) is 20.2. The lowest BCUT2D eigenvalue weighted by molar-refractivity contribution is -0.113. The van der Waals surface area contributed by atoms with Gasteiger partial charge in [0.1, 0.15) is 6.33 Å². The van der Waals surface area contributed by atoms with Gasteiger partial charge in [-0.05, 0) is 74.0 Å². The lowest BCUT2D eigenvalue weighted by Crippen LogP contribution is -2.44. The Labute approximate surface area is 226 Å². The second-order valence-corrected chi connectivity index (χ2v) is 11.2. The quantitative estimate of drug-likeness (QED) is 0.432. The van der Waals surface area contributed by atoms with E-state index in [9.17, 15) is 4.79 Å². The second kappa shape index (κ2) is 10.4. The Kier molecular flexibility index (Phi) is 6.88. The van der Waals surface area contributed by atoms with Crippen LogP contribution in [0.25, 0.3) is 28.2 Å². The number of carbonyl (C=O) groups is 1. The summed E-state index contributed by atoms with van der Waals surface area (Å²) in [4.78, 5) is 33.6. The van der Waals surface area contributed by atoms with Crippen LogP contribution < -0.4 is 4.90 Å². The third kappa shape index (κ3) is 5.10. The number of benzene rings is 2. The number of piperazine rings is 1. The summed E-state index contributed by atoms with van der Waals surface area (Å²) in [6.07, 6.45) is 7.07. The van der Waals surface area contributed by atoms with Gasteiger partial charge in [-0.2, -0.15) is 4.99 Å². The second-order valence-electron chi connectivity index (χ2n) is 9.81. The zero-order valence-electron chi connectivity index (χ0n) is 20.9. The molecule has 6 rings (SSSR count). The smallest absolute Gasteiger partial charge is 0.286 e. The molecule has 1 aromatic heterocycles. The number of aromatic nitrogens is 2. The van der Waals surface area contributed by atoms with Crippen molar-refractivity contribution in [2.75, 3.05) is 51.2 Å². The maximum atomic E-state index is 12.7. The number of anilines is 1. The summed E-state index contributed by atoms with van der Waals surface area (Å²) in [7, 11) is 2.15. The summed E-state index contributed by atoms with van der Waals surface area (Å²) in [6, 6.07) is 12.2. The molecule has 1 amide bonds. The molecule has 2 fully saturated rings. The molecule has 3 aromatic rings. The molecule has 0 N–H and O–H groups in total. The third-order valence-corrected chi connectivity index (χ3v) is 8.61. The average molecular weight is 533 g/mol. The average Bonchev–Trinajstić information content (AvgIpc) is 3.29. The van der Waals surface area contributed by atoms with Crippen LogP contribution in [0.4, 0.5) is 5.69 Å². The molecule has 3 aliphatic rings. The van der Waals surface area contributed by atoms with Gasteiger partial charge >= 0.3 is 0 Å². The van der Waals surface area contributed by atoms with E-state index >= 15 is 0 Å². The van der Waals surface area contributed by atoms with Gasteiger partial charge in [-0.3, -0.25) is 4.79 Å². The van der Waals surface area contributed by atoms with Gasteiger partial charge in [-0.15, -0.1) is 0 Å². The Morgan fingerprint density at radius 2 is 1.73 bits per heavy atom. The predicted molar refractivity (Wildman–Crippen MR) is 153 cm³/mol. The minimum Gasteiger partial charge on any atom is -0.368 e. The first kappa shape index (κ1) is 24.4. The van der Waals surface area contributed by atoms with Crippen LogP contribution in [0.3, 0.4) is 0 Å². The molecule has 2 saturated heterocycles. The lowest BCUT2D eigenvalue weighted by Gasteiger charge is -2.34. The number of thioether (sulfide) groups is 1.